The highest BCUT2D eigenvalue weighted by Gasteiger charge is 2.24. The molecule has 0 aromatic heterocycles. The molecule has 0 radical (unpaired) electrons. The lowest BCUT2D eigenvalue weighted by atomic mass is 9.88. The molecule has 0 bridgehead atoms. The van der Waals surface area contributed by atoms with Gasteiger partial charge in [-0.1, -0.05) is 55.5 Å². The van der Waals surface area contributed by atoms with Crippen molar-refractivity contribution in [1.82, 2.24) is 0 Å². The van der Waals surface area contributed by atoms with Crippen molar-refractivity contribution in [3.63, 3.8) is 0 Å². The molecule has 3 rings (SSSR count). The average Bonchev–Trinajstić information content (AvgIpc) is 2.46. The van der Waals surface area contributed by atoms with Crippen LogP contribution in [0.2, 0.25) is 0 Å². The quantitative estimate of drug-likeness (QED) is 0.589. The SMILES string of the molecule is Cc1cc(C2=C([N+](=O)[O-])CC(C)C=C2)c2ccccc2c1. The molecule has 0 saturated heterocycles. The van der Waals surface area contributed by atoms with E-state index >= 15 is 0 Å². The number of hydrogen-bond acceptors (Lipinski definition) is 2. The van der Waals surface area contributed by atoms with E-state index in [2.05, 4.69) is 12.1 Å². The summed E-state index contributed by atoms with van der Waals surface area (Å²) in [7, 11) is 0. The van der Waals surface area contributed by atoms with Crippen molar-refractivity contribution in [1.29, 1.82) is 0 Å². The second-order valence-electron chi connectivity index (χ2n) is 5.69. The third-order valence-electron chi connectivity index (χ3n) is 3.93. The van der Waals surface area contributed by atoms with Gasteiger partial charge in [0.2, 0.25) is 0 Å². The predicted molar refractivity (Wildman–Crippen MR) is 85.5 cm³/mol. The van der Waals surface area contributed by atoms with Gasteiger partial charge in [0.15, 0.2) is 0 Å². The molecule has 0 saturated carbocycles. The van der Waals surface area contributed by atoms with Crippen LogP contribution in [-0.2, 0) is 0 Å². The minimum Gasteiger partial charge on any atom is -0.259 e. The van der Waals surface area contributed by atoms with Crippen molar-refractivity contribution in [2.75, 3.05) is 0 Å². The summed E-state index contributed by atoms with van der Waals surface area (Å²) in [5.74, 6) is 0.213. The number of fused-ring (bicyclic) bond motifs is 1. The Labute approximate surface area is 123 Å². The number of nitrogens with zero attached hydrogens (tertiary/aromatic N) is 1. The van der Waals surface area contributed by atoms with Gasteiger partial charge in [0.05, 0.1) is 10.5 Å². The molecule has 2 aromatic rings. The zero-order valence-corrected chi connectivity index (χ0v) is 12.2. The molecule has 1 atom stereocenters. The van der Waals surface area contributed by atoms with Crippen LogP contribution in [-0.4, -0.2) is 4.92 Å². The van der Waals surface area contributed by atoms with E-state index in [1.807, 2.05) is 50.3 Å². The molecule has 0 amide bonds. The summed E-state index contributed by atoms with van der Waals surface area (Å²) in [6.45, 7) is 4.03. The Kier molecular flexibility index (Phi) is 3.34. The lowest BCUT2D eigenvalue weighted by molar-refractivity contribution is -0.427. The molecule has 0 N–H and O–H groups in total. The second kappa shape index (κ2) is 5.17. The molecular formula is C18H17NO2. The standard InChI is InChI=1S/C18H17NO2/c1-12-7-8-16(18(11-12)19(20)21)17-10-13(2)9-14-5-3-4-6-15(14)17/h3-10,12H,11H2,1-2H3. The van der Waals surface area contributed by atoms with Gasteiger partial charge in [0.25, 0.3) is 5.70 Å². The zero-order valence-electron chi connectivity index (χ0n) is 12.2. The molecule has 1 unspecified atom stereocenters. The number of hydrogen-bond donors (Lipinski definition) is 0. The van der Waals surface area contributed by atoms with Crippen LogP contribution in [0.15, 0.2) is 54.2 Å². The van der Waals surface area contributed by atoms with Crippen molar-refractivity contribution in [3.05, 3.63) is 75.5 Å². The maximum absolute atomic E-state index is 11.4. The van der Waals surface area contributed by atoms with Gasteiger partial charge in [0.1, 0.15) is 0 Å². The van der Waals surface area contributed by atoms with Crippen molar-refractivity contribution in [2.24, 2.45) is 5.92 Å². The van der Waals surface area contributed by atoms with Crippen LogP contribution in [0, 0.1) is 23.0 Å². The van der Waals surface area contributed by atoms with Gasteiger partial charge >= 0.3 is 0 Å². The van der Waals surface area contributed by atoms with Crippen LogP contribution in [0.5, 0.6) is 0 Å². The first-order valence-corrected chi connectivity index (χ1v) is 7.12. The van der Waals surface area contributed by atoms with Crippen molar-refractivity contribution in [2.45, 2.75) is 20.3 Å². The third kappa shape index (κ3) is 2.47. The molecule has 1 aliphatic rings. The fourth-order valence-electron chi connectivity index (χ4n) is 2.94. The zero-order chi connectivity index (χ0) is 15.0. The van der Waals surface area contributed by atoms with E-state index in [0.717, 1.165) is 27.5 Å². The fraction of sp³-hybridized carbons (Fsp3) is 0.222. The molecule has 0 fully saturated rings. The van der Waals surface area contributed by atoms with E-state index in [1.165, 1.54) is 0 Å². The highest BCUT2D eigenvalue weighted by molar-refractivity contribution is 5.97. The largest absolute Gasteiger partial charge is 0.259 e. The van der Waals surface area contributed by atoms with Gasteiger partial charge < -0.3 is 0 Å². The van der Waals surface area contributed by atoms with Crippen molar-refractivity contribution >= 4 is 16.3 Å². The number of nitro groups is 1. The molecule has 106 valence electrons. The second-order valence-corrected chi connectivity index (χ2v) is 5.69. The van der Waals surface area contributed by atoms with Crippen LogP contribution in [0.1, 0.15) is 24.5 Å². The van der Waals surface area contributed by atoms with Crippen molar-refractivity contribution < 1.29 is 4.92 Å². The summed E-state index contributed by atoms with van der Waals surface area (Å²) in [6.07, 6.45) is 4.45. The number of aryl methyl sites for hydroxylation is 1. The molecule has 3 nitrogen and oxygen atoms in total. The van der Waals surface area contributed by atoms with Gasteiger partial charge in [-0.05, 0) is 34.7 Å². The predicted octanol–water partition coefficient (Wildman–Crippen LogP) is 4.73. The molecule has 1 aliphatic carbocycles. The Morgan fingerprint density at radius 2 is 2.00 bits per heavy atom. The van der Waals surface area contributed by atoms with Gasteiger partial charge in [-0.15, -0.1) is 0 Å². The third-order valence-corrected chi connectivity index (χ3v) is 3.93. The Bertz CT molecular complexity index is 787. The topological polar surface area (TPSA) is 43.1 Å². The smallest absolute Gasteiger partial charge is 0.254 e. The molecule has 0 heterocycles. The summed E-state index contributed by atoms with van der Waals surface area (Å²) in [5.41, 5.74) is 3.14. The maximum atomic E-state index is 11.4. The number of benzene rings is 2. The van der Waals surface area contributed by atoms with Gasteiger partial charge in [-0.2, -0.15) is 0 Å². The van der Waals surface area contributed by atoms with E-state index in [9.17, 15) is 10.1 Å². The highest BCUT2D eigenvalue weighted by atomic mass is 16.6. The summed E-state index contributed by atoms with van der Waals surface area (Å²) in [4.78, 5) is 11.2. The molecule has 0 aliphatic heterocycles. The Balaban J connectivity index is 2.31. The minimum absolute atomic E-state index is 0.213. The molecule has 0 spiro atoms. The lowest BCUT2D eigenvalue weighted by Crippen LogP contribution is -2.10. The lowest BCUT2D eigenvalue weighted by Gasteiger charge is -2.16. The highest BCUT2D eigenvalue weighted by Crippen LogP contribution is 2.34. The average molecular weight is 279 g/mol. The molecule has 2 aromatic carbocycles. The fourth-order valence-corrected chi connectivity index (χ4v) is 2.94. The van der Waals surface area contributed by atoms with E-state index < -0.39 is 0 Å². The van der Waals surface area contributed by atoms with Gasteiger partial charge in [-0.25, -0.2) is 0 Å². The number of allylic oxidation sites excluding steroid dienone is 4. The van der Waals surface area contributed by atoms with Gasteiger partial charge in [-0.3, -0.25) is 10.1 Å². The summed E-state index contributed by atoms with van der Waals surface area (Å²) in [6, 6.07) is 12.2. The minimum atomic E-state index is -0.230. The summed E-state index contributed by atoms with van der Waals surface area (Å²) >= 11 is 0. The molecule has 3 heteroatoms. The Hall–Kier alpha value is -2.42. The summed E-state index contributed by atoms with van der Waals surface area (Å²) in [5, 5.41) is 13.6. The van der Waals surface area contributed by atoms with E-state index in [1.54, 1.807) is 0 Å². The number of rotatable bonds is 2. The Morgan fingerprint density at radius 1 is 1.24 bits per heavy atom. The first-order valence-electron chi connectivity index (χ1n) is 7.12. The summed E-state index contributed by atoms with van der Waals surface area (Å²) < 4.78 is 0. The first-order chi connectivity index (χ1) is 10.1. The first kappa shape index (κ1) is 13.6. The van der Waals surface area contributed by atoms with E-state index in [-0.39, 0.29) is 10.8 Å². The van der Waals surface area contributed by atoms with Gasteiger partial charge in [0, 0.05) is 6.42 Å². The van der Waals surface area contributed by atoms with Crippen molar-refractivity contribution in [3.8, 4) is 0 Å². The van der Waals surface area contributed by atoms with Crippen LogP contribution in [0.4, 0.5) is 0 Å². The van der Waals surface area contributed by atoms with Crippen LogP contribution >= 0.6 is 0 Å². The van der Waals surface area contributed by atoms with E-state index in [0.29, 0.717) is 12.1 Å². The molecular weight excluding hydrogens is 262 g/mol. The van der Waals surface area contributed by atoms with Crippen LogP contribution in [0.25, 0.3) is 16.3 Å². The van der Waals surface area contributed by atoms with Crippen LogP contribution in [0.3, 0.4) is 0 Å². The normalized spacial score (nSPS) is 18.3. The molecule has 21 heavy (non-hydrogen) atoms. The van der Waals surface area contributed by atoms with E-state index in [4.69, 9.17) is 0 Å². The maximum Gasteiger partial charge on any atom is 0.254 e. The Morgan fingerprint density at radius 3 is 2.76 bits per heavy atom. The van der Waals surface area contributed by atoms with Crippen LogP contribution < -0.4 is 0 Å². The monoisotopic (exact) mass is 279 g/mol.